The van der Waals surface area contributed by atoms with E-state index in [1.54, 1.807) is 0 Å². The molecule has 0 aliphatic carbocycles. The summed E-state index contributed by atoms with van der Waals surface area (Å²) in [6, 6.07) is 0. The van der Waals surface area contributed by atoms with E-state index in [-0.39, 0.29) is 0 Å². The van der Waals surface area contributed by atoms with Gasteiger partial charge >= 0.3 is 0 Å². The Labute approximate surface area is 106 Å². The third kappa shape index (κ3) is 6.36. The predicted molar refractivity (Wildman–Crippen MR) is 79.9 cm³/mol. The van der Waals surface area contributed by atoms with Crippen molar-refractivity contribution in [3.8, 4) is 0 Å². The largest absolute Gasteiger partial charge is 0.0988 e. The fourth-order valence-electron chi connectivity index (χ4n) is 1.20. The molecule has 0 saturated heterocycles. The Bertz CT molecular complexity index is 396. The van der Waals surface area contributed by atoms with Crippen LogP contribution in [0.4, 0.5) is 0 Å². The third-order valence-corrected chi connectivity index (χ3v) is 2.29. The van der Waals surface area contributed by atoms with Gasteiger partial charge in [0.25, 0.3) is 0 Å². The van der Waals surface area contributed by atoms with Gasteiger partial charge in [0.1, 0.15) is 0 Å². The summed E-state index contributed by atoms with van der Waals surface area (Å²) in [6.45, 7) is 13.6. The standard InChI is InChI=1S/C17H22/c1-6-10-11-12-16(8-3)17(9-4)14-13-15(5)7-2/h6-14H,2,4H2,1,3,5H3/b10-6-,12-11-,15-13-,16-8+,17-14+. The van der Waals surface area contributed by atoms with Crippen molar-refractivity contribution >= 4 is 0 Å². The molecule has 0 aliphatic heterocycles. The van der Waals surface area contributed by atoms with Crippen molar-refractivity contribution < 1.29 is 0 Å². The van der Waals surface area contributed by atoms with Crippen molar-refractivity contribution in [2.45, 2.75) is 20.8 Å². The second-order valence-corrected chi connectivity index (χ2v) is 3.57. The average molecular weight is 226 g/mol. The second kappa shape index (κ2) is 9.41. The van der Waals surface area contributed by atoms with Crippen molar-refractivity contribution in [3.05, 3.63) is 84.6 Å². The van der Waals surface area contributed by atoms with Gasteiger partial charge in [0.2, 0.25) is 0 Å². The fraction of sp³-hybridized carbons (Fsp3) is 0.176. The van der Waals surface area contributed by atoms with Gasteiger partial charge in [-0.05, 0) is 31.9 Å². The smallest absolute Gasteiger partial charge is 0.0193 e. The van der Waals surface area contributed by atoms with Crippen LogP contribution in [-0.4, -0.2) is 0 Å². The molecular formula is C17H22. The summed E-state index contributed by atoms with van der Waals surface area (Å²) in [5.41, 5.74) is 3.40. The lowest BCUT2D eigenvalue weighted by atomic mass is 10.0. The number of rotatable bonds is 6. The Morgan fingerprint density at radius 3 is 2.06 bits per heavy atom. The van der Waals surface area contributed by atoms with E-state index in [2.05, 4.69) is 31.4 Å². The molecule has 0 bridgehead atoms. The molecule has 0 heteroatoms. The van der Waals surface area contributed by atoms with Crippen LogP contribution in [0.1, 0.15) is 20.8 Å². The van der Waals surface area contributed by atoms with E-state index < -0.39 is 0 Å². The second-order valence-electron chi connectivity index (χ2n) is 3.57. The monoisotopic (exact) mass is 226 g/mol. The maximum atomic E-state index is 3.85. The zero-order valence-electron chi connectivity index (χ0n) is 11.1. The molecule has 0 aromatic carbocycles. The number of hydrogen-bond donors (Lipinski definition) is 0. The van der Waals surface area contributed by atoms with E-state index in [4.69, 9.17) is 0 Å². The summed E-state index contributed by atoms with van der Waals surface area (Å²) in [6.07, 6.45) is 18.0. The van der Waals surface area contributed by atoms with Gasteiger partial charge in [0, 0.05) is 0 Å². The van der Waals surface area contributed by atoms with Gasteiger partial charge in [0.15, 0.2) is 0 Å². The molecule has 0 rings (SSSR count). The Balaban J connectivity index is 5.09. The molecule has 0 aromatic heterocycles. The minimum atomic E-state index is 1.11. The maximum absolute atomic E-state index is 3.85. The Morgan fingerprint density at radius 1 is 0.882 bits per heavy atom. The van der Waals surface area contributed by atoms with Crippen molar-refractivity contribution in [1.29, 1.82) is 0 Å². The molecule has 0 unspecified atom stereocenters. The lowest BCUT2D eigenvalue weighted by molar-refractivity contribution is 1.48. The number of allylic oxidation sites excluding steroid dienone is 12. The molecular weight excluding hydrogens is 204 g/mol. The molecule has 0 saturated carbocycles. The van der Waals surface area contributed by atoms with Gasteiger partial charge in [-0.25, -0.2) is 0 Å². The highest BCUT2D eigenvalue weighted by Crippen LogP contribution is 2.13. The first-order chi connectivity index (χ1) is 8.19. The first kappa shape index (κ1) is 15.2. The van der Waals surface area contributed by atoms with Crippen molar-refractivity contribution in [3.63, 3.8) is 0 Å². The van der Waals surface area contributed by atoms with E-state index in [0.29, 0.717) is 0 Å². The molecule has 17 heavy (non-hydrogen) atoms. The molecule has 0 heterocycles. The van der Waals surface area contributed by atoms with Gasteiger partial charge < -0.3 is 0 Å². The van der Waals surface area contributed by atoms with E-state index in [1.165, 1.54) is 0 Å². The topological polar surface area (TPSA) is 0 Å². The maximum Gasteiger partial charge on any atom is -0.0193 e. The molecule has 0 nitrogen and oxygen atoms in total. The van der Waals surface area contributed by atoms with Gasteiger partial charge in [0.05, 0.1) is 0 Å². The van der Waals surface area contributed by atoms with E-state index in [1.807, 2.05) is 57.2 Å². The van der Waals surface area contributed by atoms with Crippen LogP contribution in [-0.2, 0) is 0 Å². The fourth-order valence-corrected chi connectivity index (χ4v) is 1.20. The van der Waals surface area contributed by atoms with Crippen LogP contribution >= 0.6 is 0 Å². The normalized spacial score (nSPS) is 14.6. The van der Waals surface area contributed by atoms with Crippen LogP contribution < -0.4 is 0 Å². The number of hydrogen-bond acceptors (Lipinski definition) is 0. The SMILES string of the molecule is C=C\C(C)=C/C=C(C=C)/C(/C=C\C=C/C)=C/C. The van der Waals surface area contributed by atoms with Crippen LogP contribution in [0, 0.1) is 0 Å². The Kier molecular flexibility index (Phi) is 8.40. The van der Waals surface area contributed by atoms with Crippen LogP contribution in [0.15, 0.2) is 84.6 Å². The summed E-state index contributed by atoms with van der Waals surface area (Å²) in [5, 5.41) is 0. The van der Waals surface area contributed by atoms with E-state index >= 15 is 0 Å². The molecule has 0 amide bonds. The summed E-state index contributed by atoms with van der Waals surface area (Å²) in [4.78, 5) is 0. The van der Waals surface area contributed by atoms with Crippen molar-refractivity contribution in [2.75, 3.05) is 0 Å². The molecule has 90 valence electrons. The molecule has 0 atom stereocenters. The van der Waals surface area contributed by atoms with Crippen LogP contribution in [0.5, 0.6) is 0 Å². The molecule has 0 aromatic rings. The minimum absolute atomic E-state index is 1.11. The zero-order valence-corrected chi connectivity index (χ0v) is 11.1. The molecule has 0 fully saturated rings. The highest BCUT2D eigenvalue weighted by atomic mass is 14.0. The highest BCUT2D eigenvalue weighted by molar-refractivity contribution is 5.48. The van der Waals surface area contributed by atoms with Gasteiger partial charge in [-0.15, -0.1) is 0 Å². The highest BCUT2D eigenvalue weighted by Gasteiger charge is 1.94. The van der Waals surface area contributed by atoms with Crippen LogP contribution in [0.3, 0.4) is 0 Å². The lowest BCUT2D eigenvalue weighted by Gasteiger charge is -2.01. The van der Waals surface area contributed by atoms with Gasteiger partial charge in [-0.2, -0.15) is 0 Å². The van der Waals surface area contributed by atoms with Crippen LogP contribution in [0.25, 0.3) is 0 Å². The summed E-state index contributed by atoms with van der Waals surface area (Å²) < 4.78 is 0. The van der Waals surface area contributed by atoms with Gasteiger partial charge in [-0.3, -0.25) is 0 Å². The molecule has 0 radical (unpaired) electrons. The quantitative estimate of drug-likeness (QED) is 0.538. The summed E-state index contributed by atoms with van der Waals surface area (Å²) >= 11 is 0. The molecule has 0 aliphatic rings. The van der Waals surface area contributed by atoms with E-state index in [0.717, 1.165) is 16.7 Å². The predicted octanol–water partition coefficient (Wildman–Crippen LogP) is 5.31. The molecule has 0 spiro atoms. The van der Waals surface area contributed by atoms with Crippen molar-refractivity contribution in [2.24, 2.45) is 0 Å². The van der Waals surface area contributed by atoms with Crippen LogP contribution in [0.2, 0.25) is 0 Å². The lowest BCUT2D eigenvalue weighted by Crippen LogP contribution is -1.82. The first-order valence-corrected chi connectivity index (χ1v) is 5.79. The first-order valence-electron chi connectivity index (χ1n) is 5.79. The van der Waals surface area contributed by atoms with Gasteiger partial charge in [-0.1, -0.05) is 73.4 Å². The Morgan fingerprint density at radius 2 is 1.59 bits per heavy atom. The molecule has 0 N–H and O–H groups in total. The van der Waals surface area contributed by atoms with Crippen molar-refractivity contribution in [1.82, 2.24) is 0 Å². The Hall–Kier alpha value is -1.82. The van der Waals surface area contributed by atoms with E-state index in [9.17, 15) is 0 Å². The summed E-state index contributed by atoms with van der Waals surface area (Å²) in [7, 11) is 0. The zero-order chi connectivity index (χ0) is 13.1. The third-order valence-electron chi connectivity index (χ3n) is 2.29. The minimum Gasteiger partial charge on any atom is -0.0988 e. The summed E-state index contributed by atoms with van der Waals surface area (Å²) in [5.74, 6) is 0. The average Bonchev–Trinajstić information content (AvgIpc) is 2.36.